The van der Waals surface area contributed by atoms with Gasteiger partial charge in [0, 0.05) is 17.2 Å². The third-order valence-corrected chi connectivity index (χ3v) is 4.57. The Hall–Kier alpha value is -1.07. The molecule has 0 aliphatic heterocycles. The molecule has 0 heterocycles. The van der Waals surface area contributed by atoms with Crippen LogP contribution in [0, 0.1) is 5.82 Å². The molecule has 0 aromatic heterocycles. The number of methoxy groups -OCH3 is 2. The van der Waals surface area contributed by atoms with Crippen molar-refractivity contribution in [1.29, 1.82) is 0 Å². The summed E-state index contributed by atoms with van der Waals surface area (Å²) in [5, 5.41) is 0. The van der Waals surface area contributed by atoms with Crippen molar-refractivity contribution in [3.63, 3.8) is 0 Å². The van der Waals surface area contributed by atoms with Crippen LogP contribution in [0.15, 0.2) is 40.9 Å². The van der Waals surface area contributed by atoms with Crippen LogP contribution in [-0.2, 0) is 0 Å². The van der Waals surface area contributed by atoms with E-state index in [1.807, 2.05) is 12.1 Å². The highest BCUT2D eigenvalue weighted by molar-refractivity contribution is 9.10. The van der Waals surface area contributed by atoms with E-state index < -0.39 is 0 Å². The van der Waals surface area contributed by atoms with Gasteiger partial charge in [0.2, 0.25) is 0 Å². The highest BCUT2D eigenvalue weighted by Gasteiger charge is 2.20. The molecule has 2 aromatic carbocycles. The molecule has 0 fully saturated rings. The first-order valence-electron chi connectivity index (χ1n) is 5.88. The average molecular weight is 404 g/mol. The zero-order valence-electron chi connectivity index (χ0n) is 11.0. The zero-order valence-corrected chi connectivity index (χ0v) is 14.2. The monoisotopic (exact) mass is 402 g/mol. The molecule has 0 aliphatic rings. The number of benzene rings is 2. The Balaban J connectivity index is 2.47. The van der Waals surface area contributed by atoms with Crippen molar-refractivity contribution >= 4 is 31.9 Å². The molecule has 0 radical (unpaired) electrons. The SMILES string of the molecule is COc1ccc(C(Br)c2cccc(Br)c2F)c(OC)c1. The van der Waals surface area contributed by atoms with Crippen molar-refractivity contribution in [2.24, 2.45) is 0 Å². The second-order valence-corrected chi connectivity index (χ2v) is 5.88. The van der Waals surface area contributed by atoms with Crippen LogP contribution in [0.3, 0.4) is 0 Å². The van der Waals surface area contributed by atoms with Crippen molar-refractivity contribution in [2.45, 2.75) is 4.83 Å². The van der Waals surface area contributed by atoms with E-state index in [1.54, 1.807) is 38.5 Å². The van der Waals surface area contributed by atoms with Crippen LogP contribution in [0.2, 0.25) is 0 Å². The van der Waals surface area contributed by atoms with Crippen LogP contribution in [0.25, 0.3) is 0 Å². The maximum absolute atomic E-state index is 14.2. The molecule has 2 rings (SSSR count). The fourth-order valence-corrected chi connectivity index (χ4v) is 3.02. The molecule has 1 unspecified atom stereocenters. The Bertz CT molecular complexity index is 617. The lowest BCUT2D eigenvalue weighted by Crippen LogP contribution is -2.00. The number of alkyl halides is 1. The topological polar surface area (TPSA) is 18.5 Å². The van der Waals surface area contributed by atoms with Gasteiger partial charge in [-0.2, -0.15) is 0 Å². The predicted octanol–water partition coefficient (Wildman–Crippen LogP) is 5.09. The minimum atomic E-state index is -0.305. The van der Waals surface area contributed by atoms with Crippen LogP contribution in [0.1, 0.15) is 16.0 Å². The summed E-state index contributed by atoms with van der Waals surface area (Å²) in [6.07, 6.45) is 0. The quantitative estimate of drug-likeness (QED) is 0.662. The maximum Gasteiger partial charge on any atom is 0.142 e. The lowest BCUT2D eigenvalue weighted by Gasteiger charge is -2.16. The second kappa shape index (κ2) is 6.59. The molecule has 0 saturated carbocycles. The van der Waals surface area contributed by atoms with E-state index in [1.165, 1.54) is 0 Å². The smallest absolute Gasteiger partial charge is 0.142 e. The Labute approximate surface area is 134 Å². The van der Waals surface area contributed by atoms with E-state index >= 15 is 0 Å². The van der Waals surface area contributed by atoms with Gasteiger partial charge in [-0.05, 0) is 28.1 Å². The van der Waals surface area contributed by atoms with Crippen molar-refractivity contribution in [2.75, 3.05) is 14.2 Å². The lowest BCUT2D eigenvalue weighted by molar-refractivity contribution is 0.391. The molecular weight excluding hydrogens is 391 g/mol. The van der Waals surface area contributed by atoms with Crippen molar-refractivity contribution in [1.82, 2.24) is 0 Å². The van der Waals surface area contributed by atoms with Gasteiger partial charge in [-0.1, -0.05) is 34.1 Å². The summed E-state index contributed by atoms with van der Waals surface area (Å²) in [6, 6.07) is 10.7. The molecule has 0 N–H and O–H groups in total. The van der Waals surface area contributed by atoms with Gasteiger partial charge in [-0.25, -0.2) is 4.39 Å². The first-order chi connectivity index (χ1) is 9.58. The van der Waals surface area contributed by atoms with Gasteiger partial charge in [0.05, 0.1) is 23.5 Å². The maximum atomic E-state index is 14.2. The third kappa shape index (κ3) is 2.99. The fraction of sp³-hybridized carbons (Fsp3) is 0.200. The van der Waals surface area contributed by atoms with E-state index in [4.69, 9.17) is 9.47 Å². The van der Waals surface area contributed by atoms with E-state index in [9.17, 15) is 4.39 Å². The Kier molecular flexibility index (Phi) is 5.05. The first kappa shape index (κ1) is 15.3. The normalized spacial score (nSPS) is 12.1. The van der Waals surface area contributed by atoms with Gasteiger partial charge in [-0.15, -0.1) is 0 Å². The summed E-state index contributed by atoms with van der Waals surface area (Å²) >= 11 is 6.73. The predicted molar refractivity (Wildman–Crippen MR) is 84.4 cm³/mol. The van der Waals surface area contributed by atoms with Gasteiger partial charge in [-0.3, -0.25) is 0 Å². The summed E-state index contributed by atoms with van der Waals surface area (Å²) < 4.78 is 25.1. The average Bonchev–Trinajstić information content (AvgIpc) is 2.48. The number of hydrogen-bond acceptors (Lipinski definition) is 2. The molecule has 2 aromatic rings. The Morgan fingerprint density at radius 1 is 1.05 bits per heavy atom. The summed E-state index contributed by atoms with van der Waals surface area (Å²) in [5.74, 6) is 1.05. The Morgan fingerprint density at radius 2 is 1.80 bits per heavy atom. The van der Waals surface area contributed by atoms with Crippen LogP contribution in [0.4, 0.5) is 4.39 Å². The Morgan fingerprint density at radius 3 is 2.45 bits per heavy atom. The summed E-state index contributed by atoms with van der Waals surface area (Å²) in [4.78, 5) is -0.305. The van der Waals surface area contributed by atoms with Gasteiger partial charge < -0.3 is 9.47 Å². The molecule has 5 heteroatoms. The number of hydrogen-bond donors (Lipinski definition) is 0. The molecule has 0 aliphatic carbocycles. The standard InChI is InChI=1S/C15H13Br2FO2/c1-19-9-6-7-10(13(8-9)20-2)14(17)11-4-3-5-12(16)15(11)18/h3-8,14H,1-2H3. The highest BCUT2D eigenvalue weighted by atomic mass is 79.9. The van der Waals surface area contributed by atoms with Crippen LogP contribution in [0.5, 0.6) is 11.5 Å². The minimum absolute atomic E-state index is 0.285. The van der Waals surface area contributed by atoms with Crippen molar-refractivity contribution in [3.8, 4) is 11.5 Å². The molecule has 0 saturated heterocycles. The van der Waals surface area contributed by atoms with Crippen LogP contribution in [-0.4, -0.2) is 14.2 Å². The minimum Gasteiger partial charge on any atom is -0.497 e. The second-order valence-electron chi connectivity index (χ2n) is 4.11. The molecule has 0 amide bonds. The van der Waals surface area contributed by atoms with E-state index in [-0.39, 0.29) is 10.6 Å². The van der Waals surface area contributed by atoms with Gasteiger partial charge in [0.25, 0.3) is 0 Å². The molecular formula is C15H13Br2FO2. The summed E-state index contributed by atoms with van der Waals surface area (Å²) in [7, 11) is 3.17. The summed E-state index contributed by atoms with van der Waals surface area (Å²) in [6.45, 7) is 0. The van der Waals surface area contributed by atoms with E-state index in [0.29, 0.717) is 21.5 Å². The molecule has 0 spiro atoms. The largest absolute Gasteiger partial charge is 0.497 e. The van der Waals surface area contributed by atoms with E-state index in [0.717, 1.165) is 5.56 Å². The molecule has 0 bridgehead atoms. The lowest BCUT2D eigenvalue weighted by atomic mass is 10.0. The highest BCUT2D eigenvalue weighted by Crippen LogP contribution is 2.40. The fourth-order valence-electron chi connectivity index (χ4n) is 1.91. The van der Waals surface area contributed by atoms with Crippen LogP contribution < -0.4 is 9.47 Å². The molecule has 2 nitrogen and oxygen atoms in total. The van der Waals surface area contributed by atoms with Gasteiger partial charge in [0.15, 0.2) is 0 Å². The molecule has 20 heavy (non-hydrogen) atoms. The van der Waals surface area contributed by atoms with Crippen LogP contribution >= 0.6 is 31.9 Å². The first-order valence-corrected chi connectivity index (χ1v) is 7.59. The number of ether oxygens (including phenoxy) is 2. The summed E-state index contributed by atoms with van der Waals surface area (Å²) in [5.41, 5.74) is 1.38. The van der Waals surface area contributed by atoms with Gasteiger partial charge >= 0.3 is 0 Å². The third-order valence-electron chi connectivity index (χ3n) is 2.97. The molecule has 106 valence electrons. The number of halogens is 3. The number of rotatable bonds is 4. The van der Waals surface area contributed by atoms with Crippen molar-refractivity contribution in [3.05, 3.63) is 57.8 Å². The van der Waals surface area contributed by atoms with Crippen molar-refractivity contribution < 1.29 is 13.9 Å². The zero-order chi connectivity index (χ0) is 14.7. The van der Waals surface area contributed by atoms with E-state index in [2.05, 4.69) is 31.9 Å². The molecule has 1 atom stereocenters. The van der Waals surface area contributed by atoms with Gasteiger partial charge in [0.1, 0.15) is 17.3 Å².